The molecule has 2 aliphatic carbocycles. The van der Waals surface area contributed by atoms with E-state index in [4.69, 9.17) is 0 Å². The molecular weight excluding hydrogens is 264 g/mol. The van der Waals surface area contributed by atoms with Crippen molar-refractivity contribution in [2.75, 3.05) is 19.6 Å². The third-order valence-electron chi connectivity index (χ3n) is 5.64. The Morgan fingerprint density at radius 2 is 1.95 bits per heavy atom. The van der Waals surface area contributed by atoms with Crippen LogP contribution in [0.15, 0.2) is 12.2 Å². The maximum Gasteiger partial charge on any atom is 0.324 e. The second-order valence-corrected chi connectivity index (χ2v) is 7.05. The van der Waals surface area contributed by atoms with Gasteiger partial charge in [-0.15, -0.1) is 0 Å². The van der Waals surface area contributed by atoms with Gasteiger partial charge in [0.15, 0.2) is 0 Å². The summed E-state index contributed by atoms with van der Waals surface area (Å²) in [5.74, 6) is 0.883. The highest BCUT2D eigenvalue weighted by Crippen LogP contribution is 2.45. The summed E-state index contributed by atoms with van der Waals surface area (Å²) in [6.07, 6.45) is 12.4. The Labute approximate surface area is 127 Å². The van der Waals surface area contributed by atoms with Gasteiger partial charge in [-0.25, -0.2) is 0 Å². The van der Waals surface area contributed by atoms with Crippen molar-refractivity contribution in [2.24, 2.45) is 17.8 Å². The van der Waals surface area contributed by atoms with Gasteiger partial charge in [0.2, 0.25) is 0 Å². The second-order valence-electron chi connectivity index (χ2n) is 7.05. The molecule has 118 valence electrons. The van der Waals surface area contributed by atoms with E-state index in [1.54, 1.807) is 0 Å². The molecule has 0 amide bonds. The first kappa shape index (κ1) is 15.0. The first-order valence-corrected chi connectivity index (χ1v) is 8.58. The van der Waals surface area contributed by atoms with E-state index >= 15 is 0 Å². The Hall–Kier alpha value is -0.870. The molecule has 3 N–H and O–H groups in total. The Bertz CT molecular complexity index is 410. The molecule has 0 saturated heterocycles. The van der Waals surface area contributed by atoms with E-state index in [0.29, 0.717) is 5.92 Å². The highest BCUT2D eigenvalue weighted by Gasteiger charge is 2.59. The van der Waals surface area contributed by atoms with E-state index in [2.05, 4.69) is 22.8 Å². The average molecular weight is 292 g/mol. The maximum absolute atomic E-state index is 11.6. The normalized spacial score (nSPS) is 42.4. The fourth-order valence-corrected chi connectivity index (χ4v) is 4.07. The number of allylic oxidation sites excluding steroid dienone is 1. The smallest absolute Gasteiger partial charge is 0.324 e. The van der Waals surface area contributed by atoms with Gasteiger partial charge >= 0.3 is 5.97 Å². The Kier molecular flexibility index (Phi) is 4.65. The Morgan fingerprint density at radius 3 is 2.76 bits per heavy atom. The number of fused-ring (bicyclic) bond motifs is 2. The minimum Gasteiger partial charge on any atom is -0.480 e. The van der Waals surface area contributed by atoms with Crippen LogP contribution in [0.2, 0.25) is 0 Å². The standard InChI is InChI=1S/C17H28N2O2/c20-16(21)17-10-15(17)8-3-1-2-4-9-18-11-13-6-5-7-14(13)12-19-17/h3,8,13-15,18-19H,1-2,4-7,9-12H2,(H,20,21)/b8-3-. The predicted octanol–water partition coefficient (Wildman–Crippen LogP) is 2.17. The summed E-state index contributed by atoms with van der Waals surface area (Å²) in [7, 11) is 0. The number of nitrogens with one attached hydrogen (secondary N) is 2. The number of hydrogen-bond donors (Lipinski definition) is 3. The van der Waals surface area contributed by atoms with E-state index in [0.717, 1.165) is 38.4 Å². The summed E-state index contributed by atoms with van der Waals surface area (Å²) in [5.41, 5.74) is -0.665. The van der Waals surface area contributed by atoms with Crippen molar-refractivity contribution < 1.29 is 9.90 Å². The van der Waals surface area contributed by atoms with Crippen LogP contribution in [-0.4, -0.2) is 36.2 Å². The minimum atomic E-state index is -0.670. The number of aliphatic carboxylic acids is 1. The van der Waals surface area contributed by atoms with Gasteiger partial charge in [-0.1, -0.05) is 18.6 Å². The van der Waals surface area contributed by atoms with Gasteiger partial charge in [0.05, 0.1) is 0 Å². The lowest BCUT2D eigenvalue weighted by Crippen LogP contribution is -2.44. The summed E-state index contributed by atoms with van der Waals surface area (Å²) in [6.45, 7) is 3.08. The molecule has 21 heavy (non-hydrogen) atoms. The van der Waals surface area contributed by atoms with Crippen LogP contribution in [0, 0.1) is 17.8 Å². The zero-order chi connectivity index (χ0) is 14.7. The molecule has 4 heteroatoms. The van der Waals surface area contributed by atoms with Gasteiger partial charge in [-0.3, -0.25) is 4.79 Å². The van der Waals surface area contributed by atoms with Crippen LogP contribution in [0.4, 0.5) is 0 Å². The molecule has 2 fully saturated rings. The van der Waals surface area contributed by atoms with Crippen LogP contribution in [0.1, 0.15) is 44.9 Å². The third kappa shape index (κ3) is 3.32. The Balaban J connectivity index is 1.66. The van der Waals surface area contributed by atoms with Crippen molar-refractivity contribution >= 4 is 5.97 Å². The molecule has 0 bridgehead atoms. The highest BCUT2D eigenvalue weighted by molar-refractivity contribution is 5.84. The average Bonchev–Trinajstić information content (AvgIpc) is 3.00. The maximum atomic E-state index is 11.6. The molecule has 0 aromatic rings. The minimum absolute atomic E-state index is 0.191. The fourth-order valence-electron chi connectivity index (χ4n) is 4.07. The molecule has 2 saturated carbocycles. The van der Waals surface area contributed by atoms with Gasteiger partial charge in [0, 0.05) is 5.92 Å². The molecule has 4 atom stereocenters. The molecule has 3 aliphatic rings. The third-order valence-corrected chi connectivity index (χ3v) is 5.64. The van der Waals surface area contributed by atoms with Crippen molar-refractivity contribution in [1.29, 1.82) is 0 Å². The summed E-state index contributed by atoms with van der Waals surface area (Å²) >= 11 is 0. The number of hydrogen-bond acceptors (Lipinski definition) is 3. The van der Waals surface area contributed by atoms with Gasteiger partial charge in [0.25, 0.3) is 0 Å². The van der Waals surface area contributed by atoms with Gasteiger partial charge in [-0.05, 0) is 70.0 Å². The number of carbonyl (C=O) groups is 1. The van der Waals surface area contributed by atoms with E-state index in [1.165, 1.54) is 32.1 Å². The molecule has 3 rings (SSSR count). The summed E-state index contributed by atoms with van der Waals surface area (Å²) in [4.78, 5) is 11.6. The fraction of sp³-hybridized carbons (Fsp3) is 0.824. The van der Waals surface area contributed by atoms with Crippen LogP contribution >= 0.6 is 0 Å². The van der Waals surface area contributed by atoms with Crippen molar-refractivity contribution in [1.82, 2.24) is 10.6 Å². The van der Waals surface area contributed by atoms with Gasteiger partial charge < -0.3 is 15.7 Å². The van der Waals surface area contributed by atoms with Crippen molar-refractivity contribution in [2.45, 2.75) is 50.5 Å². The van der Waals surface area contributed by atoms with Crippen LogP contribution in [0.3, 0.4) is 0 Å². The van der Waals surface area contributed by atoms with Gasteiger partial charge in [0.1, 0.15) is 5.54 Å². The summed E-state index contributed by atoms with van der Waals surface area (Å²) < 4.78 is 0. The van der Waals surface area contributed by atoms with Crippen molar-refractivity contribution in [3.8, 4) is 0 Å². The molecular formula is C17H28N2O2. The van der Waals surface area contributed by atoms with Crippen LogP contribution < -0.4 is 10.6 Å². The summed E-state index contributed by atoms with van der Waals surface area (Å²) in [5, 5.41) is 16.6. The molecule has 0 aromatic carbocycles. The van der Waals surface area contributed by atoms with Crippen molar-refractivity contribution in [3.63, 3.8) is 0 Å². The molecule has 0 aromatic heterocycles. The molecule has 0 radical (unpaired) electrons. The highest BCUT2D eigenvalue weighted by atomic mass is 16.4. The zero-order valence-corrected chi connectivity index (χ0v) is 12.8. The van der Waals surface area contributed by atoms with Crippen LogP contribution in [0.25, 0.3) is 0 Å². The van der Waals surface area contributed by atoms with Crippen molar-refractivity contribution in [3.05, 3.63) is 12.2 Å². The van der Waals surface area contributed by atoms with Gasteiger partial charge in [-0.2, -0.15) is 0 Å². The van der Waals surface area contributed by atoms with E-state index < -0.39 is 11.5 Å². The summed E-state index contributed by atoms with van der Waals surface area (Å²) in [6, 6.07) is 0. The molecule has 4 nitrogen and oxygen atoms in total. The molecule has 4 unspecified atom stereocenters. The lowest BCUT2D eigenvalue weighted by Gasteiger charge is -2.23. The lowest BCUT2D eigenvalue weighted by atomic mass is 9.95. The van der Waals surface area contributed by atoms with E-state index in [1.807, 2.05) is 0 Å². The van der Waals surface area contributed by atoms with E-state index in [9.17, 15) is 9.90 Å². The number of carboxylic acid groups (broad SMARTS) is 1. The Morgan fingerprint density at radius 1 is 1.14 bits per heavy atom. The molecule has 1 aliphatic heterocycles. The number of carboxylic acids is 1. The topological polar surface area (TPSA) is 61.4 Å². The monoisotopic (exact) mass is 292 g/mol. The first-order chi connectivity index (χ1) is 10.2. The zero-order valence-electron chi connectivity index (χ0n) is 12.8. The van der Waals surface area contributed by atoms with Crippen LogP contribution in [0.5, 0.6) is 0 Å². The SMILES string of the molecule is O=C(O)C12CC1/C=C\CCCCNCC1CCCC1CN2. The first-order valence-electron chi connectivity index (χ1n) is 8.58. The quantitative estimate of drug-likeness (QED) is 0.648. The molecule has 0 spiro atoms. The largest absolute Gasteiger partial charge is 0.480 e. The lowest BCUT2D eigenvalue weighted by molar-refractivity contribution is -0.141. The van der Waals surface area contributed by atoms with Crippen LogP contribution in [-0.2, 0) is 4.79 Å². The van der Waals surface area contributed by atoms with E-state index in [-0.39, 0.29) is 5.92 Å². The number of rotatable bonds is 1. The molecule has 1 heterocycles. The predicted molar refractivity (Wildman–Crippen MR) is 83.2 cm³/mol. The second kappa shape index (κ2) is 6.49.